The number of nitrogens with one attached hydrogen (secondary N) is 2. The smallest absolute Gasteiger partial charge is 0.186 e. The maximum Gasteiger partial charge on any atom is 0.186 e. The first-order valence-electron chi connectivity index (χ1n) is 9.77. The van der Waals surface area contributed by atoms with Crippen LogP contribution in [0.5, 0.6) is 0 Å². The van der Waals surface area contributed by atoms with E-state index in [1.807, 2.05) is 0 Å². The van der Waals surface area contributed by atoms with Crippen LogP contribution in [0.1, 0.15) is 106 Å². The van der Waals surface area contributed by atoms with Gasteiger partial charge in [0, 0.05) is 5.54 Å². The van der Waals surface area contributed by atoms with E-state index in [0.717, 1.165) is 0 Å². The summed E-state index contributed by atoms with van der Waals surface area (Å²) in [4.78, 5) is 0. The summed E-state index contributed by atoms with van der Waals surface area (Å²) in [7, 11) is 0. The number of nitrogens with two attached hydrogens (primary N) is 1. The molecule has 0 aliphatic rings. The van der Waals surface area contributed by atoms with E-state index >= 15 is 0 Å². The molecule has 0 amide bonds. The summed E-state index contributed by atoms with van der Waals surface area (Å²) in [6, 6.07) is 0. The lowest BCUT2D eigenvalue weighted by Gasteiger charge is -2.46. The highest BCUT2D eigenvalue weighted by atomic mass is 15.1. The van der Waals surface area contributed by atoms with Gasteiger partial charge in [0.05, 0.1) is 0 Å². The van der Waals surface area contributed by atoms with Crippen molar-refractivity contribution in [3.63, 3.8) is 0 Å². The van der Waals surface area contributed by atoms with Gasteiger partial charge in [-0.25, -0.2) is 0 Å². The van der Waals surface area contributed by atoms with Crippen molar-refractivity contribution < 1.29 is 0 Å². The molecule has 1 unspecified atom stereocenters. The van der Waals surface area contributed by atoms with Crippen molar-refractivity contribution in [2.24, 2.45) is 17.1 Å². The molecule has 23 heavy (non-hydrogen) atoms. The summed E-state index contributed by atoms with van der Waals surface area (Å²) in [5.74, 6) is 0.673. The van der Waals surface area contributed by atoms with Gasteiger partial charge in [-0.2, -0.15) is 0 Å². The summed E-state index contributed by atoms with van der Waals surface area (Å²) in [6.45, 7) is 13.5. The fraction of sp³-hybridized carbons (Fsp3) is 0.950. The van der Waals surface area contributed by atoms with Crippen LogP contribution < -0.4 is 11.1 Å². The molecule has 1 atom stereocenters. The van der Waals surface area contributed by atoms with E-state index in [9.17, 15) is 0 Å². The molecule has 138 valence electrons. The molecule has 3 nitrogen and oxygen atoms in total. The van der Waals surface area contributed by atoms with Gasteiger partial charge >= 0.3 is 0 Å². The Morgan fingerprint density at radius 1 is 0.913 bits per heavy atom. The minimum absolute atomic E-state index is 0.0679. The van der Waals surface area contributed by atoms with Crippen molar-refractivity contribution in [2.75, 3.05) is 0 Å². The molecule has 0 aliphatic heterocycles. The molecule has 0 aromatic carbocycles. The summed E-state index contributed by atoms with van der Waals surface area (Å²) in [5, 5.41) is 10.6. The first-order chi connectivity index (χ1) is 10.6. The van der Waals surface area contributed by atoms with Gasteiger partial charge in [-0.1, -0.05) is 91.9 Å². The normalized spacial score (nSPS) is 13.8. The summed E-state index contributed by atoms with van der Waals surface area (Å²) in [6.07, 6.45) is 13.7. The van der Waals surface area contributed by atoms with Gasteiger partial charge in [-0.05, 0) is 25.2 Å². The average Bonchev–Trinajstić information content (AvgIpc) is 2.43. The van der Waals surface area contributed by atoms with Crippen molar-refractivity contribution in [3.8, 4) is 0 Å². The third-order valence-electron chi connectivity index (χ3n) is 6.03. The third-order valence-corrected chi connectivity index (χ3v) is 6.03. The molecule has 0 radical (unpaired) electrons. The maximum absolute atomic E-state index is 7.51. The molecule has 0 bridgehead atoms. The molecular weight excluding hydrogens is 282 g/mol. The highest BCUT2D eigenvalue weighted by Gasteiger charge is 2.41. The van der Waals surface area contributed by atoms with Crippen LogP contribution in [-0.4, -0.2) is 11.5 Å². The van der Waals surface area contributed by atoms with Crippen LogP contribution in [0.3, 0.4) is 0 Å². The Morgan fingerprint density at radius 3 is 1.78 bits per heavy atom. The van der Waals surface area contributed by atoms with Gasteiger partial charge < -0.3 is 11.1 Å². The predicted octanol–water partition coefficient (Wildman–Crippen LogP) is 5.83. The molecule has 4 N–H and O–H groups in total. The largest absolute Gasteiger partial charge is 0.370 e. The van der Waals surface area contributed by atoms with E-state index in [1.54, 1.807) is 0 Å². The Balaban J connectivity index is 3.95. The number of hydrogen-bond donors (Lipinski definition) is 3. The molecule has 3 heteroatoms. The lowest BCUT2D eigenvalue weighted by molar-refractivity contribution is 0.0948. The van der Waals surface area contributed by atoms with Gasteiger partial charge in [-0.3, -0.25) is 5.41 Å². The topological polar surface area (TPSA) is 61.9 Å². The number of guanidine groups is 1. The Kier molecular flexibility index (Phi) is 10.6. The standard InChI is InChI=1S/C20H43N3/c1-7-8-9-10-11-12-13-14-15-16-17(2)19(3,4)20(5,6)23-18(21)22/h17H,7-16H2,1-6H3,(H4,21,22,23). The Hall–Kier alpha value is -0.730. The van der Waals surface area contributed by atoms with Crippen LogP contribution in [0.15, 0.2) is 0 Å². The average molecular weight is 326 g/mol. The maximum atomic E-state index is 7.51. The second-order valence-corrected chi connectivity index (χ2v) is 8.40. The minimum atomic E-state index is -0.169. The van der Waals surface area contributed by atoms with Crippen LogP contribution in [0.25, 0.3) is 0 Å². The Morgan fingerprint density at radius 2 is 1.35 bits per heavy atom. The number of unbranched alkanes of at least 4 members (excludes halogenated alkanes) is 8. The van der Waals surface area contributed by atoms with Gasteiger partial charge in [0.1, 0.15) is 0 Å². The zero-order chi connectivity index (χ0) is 17.9. The molecule has 0 saturated heterocycles. The first kappa shape index (κ1) is 22.3. The zero-order valence-electron chi connectivity index (χ0n) is 16.7. The lowest BCUT2D eigenvalue weighted by atomic mass is 9.65. The Bertz CT molecular complexity index is 321. The molecule has 0 saturated carbocycles. The number of hydrogen-bond acceptors (Lipinski definition) is 1. The molecule has 0 aliphatic carbocycles. The number of rotatable bonds is 13. The summed E-state index contributed by atoms with van der Waals surface area (Å²) < 4.78 is 0. The van der Waals surface area contributed by atoms with Crippen molar-refractivity contribution >= 4 is 5.96 Å². The minimum Gasteiger partial charge on any atom is -0.370 e. The van der Waals surface area contributed by atoms with E-state index in [2.05, 4.69) is 46.9 Å². The van der Waals surface area contributed by atoms with Gasteiger partial charge in [0.25, 0.3) is 0 Å². The van der Waals surface area contributed by atoms with E-state index in [1.165, 1.54) is 64.2 Å². The Labute approximate surface area is 145 Å². The van der Waals surface area contributed by atoms with Crippen LogP contribution in [0.4, 0.5) is 0 Å². The van der Waals surface area contributed by atoms with Gasteiger partial charge in [0.2, 0.25) is 0 Å². The molecule has 0 fully saturated rings. The molecule has 0 spiro atoms. The fourth-order valence-corrected chi connectivity index (χ4v) is 3.24. The summed E-state index contributed by atoms with van der Waals surface area (Å²) >= 11 is 0. The van der Waals surface area contributed by atoms with Crippen LogP contribution in [0.2, 0.25) is 0 Å². The van der Waals surface area contributed by atoms with Crippen molar-refractivity contribution in [3.05, 3.63) is 0 Å². The van der Waals surface area contributed by atoms with Crippen molar-refractivity contribution in [1.82, 2.24) is 5.32 Å². The van der Waals surface area contributed by atoms with Gasteiger partial charge in [0.15, 0.2) is 5.96 Å². The lowest BCUT2D eigenvalue weighted by Crippen LogP contribution is -2.57. The highest BCUT2D eigenvalue weighted by Crippen LogP contribution is 2.40. The van der Waals surface area contributed by atoms with Crippen LogP contribution >= 0.6 is 0 Å². The molecule has 0 heterocycles. The fourth-order valence-electron chi connectivity index (χ4n) is 3.24. The van der Waals surface area contributed by atoms with Gasteiger partial charge in [-0.15, -0.1) is 0 Å². The van der Waals surface area contributed by atoms with E-state index < -0.39 is 0 Å². The van der Waals surface area contributed by atoms with E-state index in [-0.39, 0.29) is 16.9 Å². The third kappa shape index (κ3) is 8.62. The summed E-state index contributed by atoms with van der Waals surface area (Å²) in [5.41, 5.74) is 5.47. The van der Waals surface area contributed by atoms with Crippen LogP contribution in [0, 0.1) is 16.7 Å². The first-order valence-corrected chi connectivity index (χ1v) is 9.77. The molecule has 0 aromatic heterocycles. The monoisotopic (exact) mass is 325 g/mol. The SMILES string of the molecule is CCCCCCCCCCCC(C)C(C)(C)C(C)(C)NC(=N)N. The molecular formula is C20H43N3. The second-order valence-electron chi connectivity index (χ2n) is 8.40. The second kappa shape index (κ2) is 10.9. The molecule has 0 aromatic rings. The predicted molar refractivity (Wildman–Crippen MR) is 104 cm³/mol. The van der Waals surface area contributed by atoms with Crippen molar-refractivity contribution in [2.45, 2.75) is 111 Å². The molecule has 0 rings (SSSR count). The van der Waals surface area contributed by atoms with Crippen LogP contribution in [-0.2, 0) is 0 Å². The van der Waals surface area contributed by atoms with E-state index in [0.29, 0.717) is 5.92 Å². The van der Waals surface area contributed by atoms with Crippen molar-refractivity contribution in [1.29, 1.82) is 5.41 Å². The quantitative estimate of drug-likeness (QED) is 0.226. The zero-order valence-corrected chi connectivity index (χ0v) is 16.7. The van der Waals surface area contributed by atoms with E-state index in [4.69, 9.17) is 11.1 Å². The highest BCUT2D eigenvalue weighted by molar-refractivity contribution is 5.75.